The molecule has 2 rings (SSSR count). The highest BCUT2D eigenvalue weighted by Gasteiger charge is 2.31. The quantitative estimate of drug-likeness (QED) is 0.783. The number of benzene rings is 1. The minimum Gasteiger partial charge on any atom is -0.333 e. The molecule has 23 heavy (non-hydrogen) atoms. The maximum absolute atomic E-state index is 14.5. The van der Waals surface area contributed by atoms with Crippen molar-refractivity contribution in [1.29, 1.82) is 0 Å². The van der Waals surface area contributed by atoms with Gasteiger partial charge in [-0.05, 0) is 26.0 Å². The standard InChI is InChI=1S/C14H18BrFN2O3S.ClH/c1-8-9(2)18(5-4-17-8)14(19)11-6-10(15)7-12(13(11)16)22(3,20)21;/h6-9,17H,4-5H2,1-3H3;1H. The van der Waals surface area contributed by atoms with Gasteiger partial charge in [-0.1, -0.05) is 15.9 Å². The molecular formula is C14H19BrClFN2O3S. The number of nitrogens with one attached hydrogen (secondary N) is 1. The summed E-state index contributed by atoms with van der Waals surface area (Å²) in [6, 6.07) is 2.47. The summed E-state index contributed by atoms with van der Waals surface area (Å²) in [6.45, 7) is 4.89. The van der Waals surface area contributed by atoms with Crippen molar-refractivity contribution in [2.45, 2.75) is 30.8 Å². The van der Waals surface area contributed by atoms with Crippen LogP contribution in [0.1, 0.15) is 24.2 Å². The van der Waals surface area contributed by atoms with Crippen LogP contribution in [0.15, 0.2) is 21.5 Å². The molecule has 0 bridgehead atoms. The summed E-state index contributed by atoms with van der Waals surface area (Å²) >= 11 is 3.14. The van der Waals surface area contributed by atoms with E-state index in [-0.39, 0.29) is 30.1 Å². The highest BCUT2D eigenvalue weighted by Crippen LogP contribution is 2.26. The minimum atomic E-state index is -3.76. The average Bonchev–Trinajstić information content (AvgIpc) is 2.42. The first-order valence-electron chi connectivity index (χ1n) is 6.86. The van der Waals surface area contributed by atoms with Crippen molar-refractivity contribution < 1.29 is 17.6 Å². The lowest BCUT2D eigenvalue weighted by molar-refractivity contribution is 0.0597. The molecule has 1 amide bonds. The Kier molecular flexibility index (Phi) is 6.60. The lowest BCUT2D eigenvalue weighted by Gasteiger charge is -2.38. The average molecular weight is 430 g/mol. The zero-order chi connectivity index (χ0) is 16.7. The number of rotatable bonds is 2. The van der Waals surface area contributed by atoms with E-state index in [4.69, 9.17) is 0 Å². The lowest BCUT2D eigenvalue weighted by Crippen LogP contribution is -2.57. The van der Waals surface area contributed by atoms with Crippen molar-refractivity contribution in [3.8, 4) is 0 Å². The first kappa shape index (κ1) is 20.3. The second-order valence-electron chi connectivity index (χ2n) is 5.52. The number of carbonyl (C=O) groups is 1. The molecule has 0 spiro atoms. The van der Waals surface area contributed by atoms with Crippen LogP contribution in [-0.2, 0) is 9.84 Å². The van der Waals surface area contributed by atoms with Crippen LogP contribution in [0.3, 0.4) is 0 Å². The van der Waals surface area contributed by atoms with E-state index in [1.165, 1.54) is 12.1 Å². The largest absolute Gasteiger partial charge is 0.333 e. The molecule has 5 nitrogen and oxygen atoms in total. The summed E-state index contributed by atoms with van der Waals surface area (Å²) in [5, 5.41) is 3.24. The molecule has 1 saturated heterocycles. The number of nitrogens with zero attached hydrogens (tertiary/aromatic N) is 1. The molecule has 0 saturated carbocycles. The maximum Gasteiger partial charge on any atom is 0.257 e. The highest BCUT2D eigenvalue weighted by atomic mass is 79.9. The fraction of sp³-hybridized carbons (Fsp3) is 0.500. The van der Waals surface area contributed by atoms with Gasteiger partial charge in [0.2, 0.25) is 0 Å². The summed E-state index contributed by atoms with van der Waals surface area (Å²) in [5.41, 5.74) is -0.226. The predicted molar refractivity (Wildman–Crippen MR) is 92.4 cm³/mol. The third kappa shape index (κ3) is 4.23. The van der Waals surface area contributed by atoms with Gasteiger partial charge in [0.25, 0.3) is 5.91 Å². The van der Waals surface area contributed by atoms with Gasteiger partial charge in [-0.3, -0.25) is 4.79 Å². The molecule has 1 aromatic carbocycles. The molecule has 9 heteroatoms. The van der Waals surface area contributed by atoms with Crippen LogP contribution >= 0.6 is 28.3 Å². The Labute approximate surface area is 150 Å². The molecule has 1 aliphatic heterocycles. The normalized spacial score (nSPS) is 21.7. The Morgan fingerprint density at radius 3 is 2.57 bits per heavy atom. The molecule has 1 aromatic rings. The fourth-order valence-electron chi connectivity index (χ4n) is 2.49. The molecule has 1 aliphatic rings. The Balaban J connectivity index is 0.00000264. The Bertz CT molecular complexity index is 714. The third-order valence-corrected chi connectivity index (χ3v) is 5.48. The lowest BCUT2D eigenvalue weighted by atomic mass is 10.1. The Hall–Kier alpha value is -0.700. The van der Waals surface area contributed by atoms with Crippen molar-refractivity contribution in [2.24, 2.45) is 0 Å². The fourth-order valence-corrected chi connectivity index (χ4v) is 3.87. The van der Waals surface area contributed by atoms with Crippen molar-refractivity contribution in [1.82, 2.24) is 10.2 Å². The van der Waals surface area contributed by atoms with Crippen LogP contribution < -0.4 is 5.32 Å². The summed E-state index contributed by atoms with van der Waals surface area (Å²) in [6.07, 6.45) is 0.918. The van der Waals surface area contributed by atoms with Crippen molar-refractivity contribution in [2.75, 3.05) is 19.3 Å². The molecule has 1 heterocycles. The summed E-state index contributed by atoms with van der Waals surface area (Å²) < 4.78 is 38.2. The van der Waals surface area contributed by atoms with E-state index >= 15 is 0 Å². The molecule has 1 fully saturated rings. The number of amides is 1. The summed E-state index contributed by atoms with van der Waals surface area (Å²) in [5.74, 6) is -1.49. The predicted octanol–water partition coefficient (Wildman–Crippen LogP) is 2.24. The number of carbonyl (C=O) groups excluding carboxylic acids is 1. The molecular weight excluding hydrogens is 411 g/mol. The monoisotopic (exact) mass is 428 g/mol. The van der Waals surface area contributed by atoms with Gasteiger partial charge in [0.05, 0.1) is 5.56 Å². The van der Waals surface area contributed by atoms with Gasteiger partial charge < -0.3 is 10.2 Å². The van der Waals surface area contributed by atoms with E-state index in [1.807, 2.05) is 13.8 Å². The minimum absolute atomic E-state index is 0. The van der Waals surface area contributed by atoms with Gasteiger partial charge in [-0.25, -0.2) is 12.8 Å². The summed E-state index contributed by atoms with van der Waals surface area (Å²) in [7, 11) is -3.76. The second kappa shape index (κ2) is 7.46. The zero-order valence-corrected chi connectivity index (χ0v) is 16.2. The van der Waals surface area contributed by atoms with Crippen LogP contribution in [0, 0.1) is 5.82 Å². The highest BCUT2D eigenvalue weighted by molar-refractivity contribution is 9.10. The molecule has 0 aliphatic carbocycles. The summed E-state index contributed by atoms with van der Waals surface area (Å²) in [4.78, 5) is 13.7. The van der Waals surface area contributed by atoms with Crippen LogP contribution in [0.4, 0.5) is 4.39 Å². The van der Waals surface area contributed by atoms with Crippen molar-refractivity contribution in [3.63, 3.8) is 0 Å². The molecule has 0 aromatic heterocycles. The van der Waals surface area contributed by atoms with Gasteiger partial charge in [-0.15, -0.1) is 12.4 Å². The van der Waals surface area contributed by atoms with E-state index < -0.39 is 26.5 Å². The van der Waals surface area contributed by atoms with Gasteiger partial charge in [-0.2, -0.15) is 0 Å². The van der Waals surface area contributed by atoms with E-state index in [0.29, 0.717) is 17.6 Å². The number of hydrogen-bond acceptors (Lipinski definition) is 4. The molecule has 1 N–H and O–H groups in total. The Morgan fingerprint density at radius 1 is 1.39 bits per heavy atom. The Morgan fingerprint density at radius 2 is 2.00 bits per heavy atom. The number of hydrogen-bond donors (Lipinski definition) is 1. The first-order valence-corrected chi connectivity index (χ1v) is 9.55. The topological polar surface area (TPSA) is 66.5 Å². The SMILES string of the molecule is CC1NCCN(C(=O)c2cc(Br)cc(S(C)(=O)=O)c2F)C1C.Cl. The first-order chi connectivity index (χ1) is 10.1. The van der Waals surface area contributed by atoms with Gasteiger partial charge in [0.1, 0.15) is 4.90 Å². The molecule has 2 unspecified atom stereocenters. The molecule has 2 atom stereocenters. The zero-order valence-electron chi connectivity index (χ0n) is 13.0. The molecule has 0 radical (unpaired) electrons. The van der Waals surface area contributed by atoms with Crippen molar-refractivity contribution in [3.05, 3.63) is 28.0 Å². The van der Waals surface area contributed by atoms with Crippen molar-refractivity contribution >= 4 is 44.1 Å². The number of piperazine rings is 1. The van der Waals surface area contributed by atoms with Crippen LogP contribution in [0.2, 0.25) is 0 Å². The van der Waals surface area contributed by atoms with Crippen LogP contribution in [0.25, 0.3) is 0 Å². The smallest absolute Gasteiger partial charge is 0.257 e. The maximum atomic E-state index is 14.5. The van der Waals surface area contributed by atoms with E-state index in [1.54, 1.807) is 4.90 Å². The van der Waals surface area contributed by atoms with Gasteiger partial charge in [0, 0.05) is 35.9 Å². The van der Waals surface area contributed by atoms with Gasteiger partial charge >= 0.3 is 0 Å². The van der Waals surface area contributed by atoms with E-state index in [9.17, 15) is 17.6 Å². The van der Waals surface area contributed by atoms with Crippen LogP contribution in [-0.4, -0.2) is 50.7 Å². The van der Waals surface area contributed by atoms with E-state index in [2.05, 4.69) is 21.2 Å². The molecule has 130 valence electrons. The third-order valence-electron chi connectivity index (χ3n) is 3.93. The second-order valence-corrected chi connectivity index (χ2v) is 8.42. The number of sulfone groups is 1. The van der Waals surface area contributed by atoms with Gasteiger partial charge in [0.15, 0.2) is 15.7 Å². The number of halogens is 3. The van der Waals surface area contributed by atoms with Crippen LogP contribution in [0.5, 0.6) is 0 Å². The van der Waals surface area contributed by atoms with E-state index in [0.717, 1.165) is 6.26 Å².